The summed E-state index contributed by atoms with van der Waals surface area (Å²) in [6, 6.07) is 9.53. The highest BCUT2D eigenvalue weighted by Crippen LogP contribution is 2.20. The van der Waals surface area contributed by atoms with Gasteiger partial charge in [-0.3, -0.25) is 15.6 Å². The van der Waals surface area contributed by atoms with Crippen LogP contribution >= 0.6 is 24.0 Å². The van der Waals surface area contributed by atoms with Crippen LogP contribution in [0.5, 0.6) is 0 Å². The number of nitrogens with one attached hydrogen (secondary N) is 3. The first-order valence-electron chi connectivity index (χ1n) is 10.1. The third kappa shape index (κ3) is 11.5. The molecule has 0 unspecified atom stereocenters. The number of thioether (sulfide) groups is 1. The normalized spacial score (nSPS) is 13.0. The van der Waals surface area contributed by atoms with Crippen LogP contribution in [0.2, 0.25) is 0 Å². The van der Waals surface area contributed by atoms with Gasteiger partial charge in [0.05, 0.1) is 6.10 Å². The quantitative estimate of drug-likeness (QED) is 0.227. The molecule has 1 aromatic carbocycles. The second-order valence-corrected chi connectivity index (χ2v) is 8.98. The van der Waals surface area contributed by atoms with E-state index in [1.54, 1.807) is 11.8 Å². The van der Waals surface area contributed by atoms with Crippen LogP contribution in [0.1, 0.15) is 52.9 Å². The highest BCUT2D eigenvalue weighted by molar-refractivity contribution is 7.99. The van der Waals surface area contributed by atoms with Gasteiger partial charge in [0.25, 0.3) is 0 Å². The summed E-state index contributed by atoms with van der Waals surface area (Å²) < 4.78 is 0. The van der Waals surface area contributed by atoms with Gasteiger partial charge in [-0.05, 0) is 55.3 Å². The maximum absolute atomic E-state index is 12.6. The monoisotopic (exact) mass is 425 g/mol. The van der Waals surface area contributed by atoms with Gasteiger partial charge < -0.3 is 10.4 Å². The van der Waals surface area contributed by atoms with Gasteiger partial charge in [-0.1, -0.05) is 51.8 Å². The van der Waals surface area contributed by atoms with Crippen LogP contribution in [0, 0.1) is 11.8 Å². The SMILES string of the molecule is CCCCSC[C@H](O)C[C@H](CCC(C)C)C(=O)NNC(=S)Nc1ccccc1. The van der Waals surface area contributed by atoms with Gasteiger partial charge >= 0.3 is 0 Å². The maximum atomic E-state index is 12.6. The summed E-state index contributed by atoms with van der Waals surface area (Å²) >= 11 is 6.98. The number of unbranched alkanes of at least 4 members (excludes halogenated alkanes) is 1. The topological polar surface area (TPSA) is 73.4 Å². The standard InChI is InChI=1S/C21H35N3O2S2/c1-4-5-13-28-15-19(25)14-17(12-11-16(2)3)20(26)23-24-21(27)22-18-9-7-6-8-10-18/h6-10,16-17,19,25H,4-5,11-15H2,1-3H3,(H,23,26)(H2,22,24,27)/t17-,19+/m0/s1. The zero-order chi connectivity index (χ0) is 20.8. The zero-order valence-corrected chi connectivity index (χ0v) is 18.9. The highest BCUT2D eigenvalue weighted by atomic mass is 32.2. The van der Waals surface area contributed by atoms with Gasteiger partial charge in [0.15, 0.2) is 5.11 Å². The number of hydrazine groups is 1. The van der Waals surface area contributed by atoms with Crippen molar-refractivity contribution in [3.63, 3.8) is 0 Å². The molecule has 1 rings (SSSR count). The van der Waals surface area contributed by atoms with E-state index in [1.165, 1.54) is 0 Å². The molecule has 0 spiro atoms. The first kappa shape index (κ1) is 24.7. The van der Waals surface area contributed by atoms with Crippen molar-refractivity contribution in [3.05, 3.63) is 30.3 Å². The second-order valence-electron chi connectivity index (χ2n) is 7.42. The maximum Gasteiger partial charge on any atom is 0.241 e. The van der Waals surface area contributed by atoms with Crippen LogP contribution in [0.3, 0.4) is 0 Å². The minimum absolute atomic E-state index is 0.129. The Kier molecular flexibility index (Phi) is 12.9. The zero-order valence-electron chi connectivity index (χ0n) is 17.2. The van der Waals surface area contributed by atoms with Crippen LogP contribution in [0.25, 0.3) is 0 Å². The number of aliphatic hydroxyl groups excluding tert-OH is 1. The summed E-state index contributed by atoms with van der Waals surface area (Å²) in [7, 11) is 0. The number of hydrogen-bond acceptors (Lipinski definition) is 4. The minimum Gasteiger partial charge on any atom is -0.392 e. The van der Waals surface area contributed by atoms with E-state index in [2.05, 4.69) is 36.9 Å². The third-order valence-electron chi connectivity index (χ3n) is 4.30. The molecule has 158 valence electrons. The van der Waals surface area contributed by atoms with Crippen LogP contribution in [-0.2, 0) is 4.79 Å². The van der Waals surface area contributed by atoms with Crippen molar-refractivity contribution in [2.24, 2.45) is 11.8 Å². The van der Waals surface area contributed by atoms with E-state index in [9.17, 15) is 9.90 Å². The van der Waals surface area contributed by atoms with Gasteiger partial charge in [0.2, 0.25) is 5.91 Å². The summed E-state index contributed by atoms with van der Waals surface area (Å²) in [5, 5.41) is 13.7. The average Bonchev–Trinajstić information content (AvgIpc) is 2.67. The van der Waals surface area contributed by atoms with Crippen molar-refractivity contribution < 1.29 is 9.90 Å². The Morgan fingerprint density at radius 2 is 1.89 bits per heavy atom. The molecular weight excluding hydrogens is 390 g/mol. The number of hydrogen-bond donors (Lipinski definition) is 4. The lowest BCUT2D eigenvalue weighted by Gasteiger charge is -2.21. The Labute approximate surface area is 179 Å². The molecule has 7 heteroatoms. The van der Waals surface area contributed by atoms with Crippen molar-refractivity contribution in [1.82, 2.24) is 10.9 Å². The Balaban J connectivity index is 2.47. The van der Waals surface area contributed by atoms with E-state index in [1.807, 2.05) is 30.3 Å². The Hall–Kier alpha value is -1.31. The molecule has 0 fully saturated rings. The molecular formula is C21H35N3O2S2. The lowest BCUT2D eigenvalue weighted by atomic mass is 9.92. The van der Waals surface area contributed by atoms with Crippen LogP contribution in [0.15, 0.2) is 30.3 Å². The molecule has 4 N–H and O–H groups in total. The average molecular weight is 426 g/mol. The number of amides is 1. The molecule has 0 aliphatic carbocycles. The van der Waals surface area contributed by atoms with Crippen molar-refractivity contribution in [2.45, 2.75) is 59.0 Å². The Morgan fingerprint density at radius 3 is 2.54 bits per heavy atom. The summed E-state index contributed by atoms with van der Waals surface area (Å²) in [6.07, 6.45) is 4.01. The number of carbonyl (C=O) groups is 1. The first-order chi connectivity index (χ1) is 13.4. The van der Waals surface area contributed by atoms with E-state index in [0.29, 0.717) is 23.2 Å². The third-order valence-corrected chi connectivity index (χ3v) is 5.71. The van der Waals surface area contributed by atoms with Gasteiger partial charge in [-0.15, -0.1) is 0 Å². The van der Waals surface area contributed by atoms with Crippen LogP contribution < -0.4 is 16.2 Å². The van der Waals surface area contributed by atoms with Crippen molar-refractivity contribution in [2.75, 3.05) is 16.8 Å². The second kappa shape index (κ2) is 14.7. The molecule has 0 aliphatic heterocycles. The van der Waals surface area contributed by atoms with E-state index in [-0.39, 0.29) is 11.8 Å². The number of aliphatic hydroxyl groups is 1. The molecule has 5 nitrogen and oxygen atoms in total. The number of thiocarbonyl (C=S) groups is 1. The molecule has 0 heterocycles. The fraction of sp³-hybridized carbons (Fsp3) is 0.619. The molecule has 0 aliphatic rings. The fourth-order valence-electron chi connectivity index (χ4n) is 2.66. The van der Waals surface area contributed by atoms with E-state index in [4.69, 9.17) is 12.2 Å². The van der Waals surface area contributed by atoms with Crippen molar-refractivity contribution in [3.8, 4) is 0 Å². The molecule has 1 amide bonds. The van der Waals surface area contributed by atoms with E-state index in [0.717, 1.165) is 37.1 Å². The van der Waals surface area contributed by atoms with E-state index < -0.39 is 6.10 Å². The van der Waals surface area contributed by atoms with Gasteiger partial charge in [0, 0.05) is 17.4 Å². The largest absolute Gasteiger partial charge is 0.392 e. The van der Waals surface area contributed by atoms with Gasteiger partial charge in [-0.25, -0.2) is 0 Å². The molecule has 0 radical (unpaired) electrons. The summed E-state index contributed by atoms with van der Waals surface area (Å²) in [5.74, 6) is 1.87. The smallest absolute Gasteiger partial charge is 0.241 e. The number of carbonyl (C=O) groups excluding carboxylic acids is 1. The Morgan fingerprint density at radius 1 is 1.18 bits per heavy atom. The predicted molar refractivity (Wildman–Crippen MR) is 124 cm³/mol. The Bertz CT molecular complexity index is 570. The minimum atomic E-state index is -0.473. The number of anilines is 1. The summed E-state index contributed by atoms with van der Waals surface area (Å²) in [6.45, 7) is 6.44. The van der Waals surface area contributed by atoms with E-state index >= 15 is 0 Å². The number of para-hydroxylation sites is 1. The fourth-order valence-corrected chi connectivity index (χ4v) is 3.89. The highest BCUT2D eigenvalue weighted by Gasteiger charge is 2.22. The van der Waals surface area contributed by atoms with Gasteiger partial charge in [-0.2, -0.15) is 11.8 Å². The van der Waals surface area contributed by atoms with Crippen LogP contribution in [0.4, 0.5) is 5.69 Å². The molecule has 1 aromatic rings. The molecule has 2 atom stereocenters. The summed E-state index contributed by atoms with van der Waals surface area (Å²) in [5.41, 5.74) is 6.32. The first-order valence-corrected chi connectivity index (χ1v) is 11.7. The number of rotatable bonds is 12. The number of benzene rings is 1. The predicted octanol–water partition coefficient (Wildman–Crippen LogP) is 4.34. The molecule has 0 saturated carbocycles. The van der Waals surface area contributed by atoms with Gasteiger partial charge in [0.1, 0.15) is 0 Å². The summed E-state index contributed by atoms with van der Waals surface area (Å²) in [4.78, 5) is 12.6. The molecule has 28 heavy (non-hydrogen) atoms. The lowest BCUT2D eigenvalue weighted by Crippen LogP contribution is -2.46. The van der Waals surface area contributed by atoms with Crippen LogP contribution in [-0.4, -0.2) is 33.7 Å². The molecule has 0 saturated heterocycles. The lowest BCUT2D eigenvalue weighted by molar-refractivity contribution is -0.126. The van der Waals surface area contributed by atoms with Crippen molar-refractivity contribution in [1.29, 1.82) is 0 Å². The molecule has 0 bridgehead atoms. The molecule has 0 aromatic heterocycles. The van der Waals surface area contributed by atoms with Crippen molar-refractivity contribution >= 4 is 40.7 Å².